The first-order valence-electron chi connectivity index (χ1n) is 12.6. The molecule has 0 saturated carbocycles. The number of fused-ring (bicyclic) bond motifs is 3. The fraction of sp³-hybridized carbons (Fsp3) is 0.467. The zero-order valence-electron chi connectivity index (χ0n) is 22.5. The third-order valence-electron chi connectivity index (χ3n) is 8.94. The van der Waals surface area contributed by atoms with Gasteiger partial charge in [0.05, 0.1) is 24.5 Å². The SMILES string of the molecule is C=C1C2=C(O)[C@]3(C)C(=O)C(C(C)=O)=C(O)C[C@]3(C)C[C@]2(C)Cc2ccc(CC(=O)CCC(=O)OC)c(O)c21. The van der Waals surface area contributed by atoms with Crippen molar-refractivity contribution in [3.05, 3.63) is 58.1 Å². The lowest BCUT2D eigenvalue weighted by Gasteiger charge is -2.58. The summed E-state index contributed by atoms with van der Waals surface area (Å²) in [6, 6.07) is 3.51. The number of aromatic hydroxyl groups is 1. The Hall–Kier alpha value is -3.68. The Morgan fingerprint density at radius 1 is 1.05 bits per heavy atom. The maximum Gasteiger partial charge on any atom is 0.305 e. The molecule has 0 fully saturated rings. The lowest BCUT2D eigenvalue weighted by molar-refractivity contribution is -0.142. The number of aliphatic hydroxyl groups excluding tert-OH is 2. The van der Waals surface area contributed by atoms with Gasteiger partial charge in [-0.15, -0.1) is 0 Å². The molecule has 3 aliphatic rings. The summed E-state index contributed by atoms with van der Waals surface area (Å²) in [7, 11) is 1.25. The number of methoxy groups -OCH3 is 1. The van der Waals surface area contributed by atoms with Crippen molar-refractivity contribution in [3.8, 4) is 5.75 Å². The van der Waals surface area contributed by atoms with E-state index >= 15 is 0 Å². The summed E-state index contributed by atoms with van der Waals surface area (Å²) >= 11 is 0. The molecule has 8 nitrogen and oxygen atoms in total. The number of esters is 1. The summed E-state index contributed by atoms with van der Waals surface area (Å²) in [5.74, 6) is -2.51. The van der Waals surface area contributed by atoms with Crippen molar-refractivity contribution < 1.29 is 39.2 Å². The molecule has 0 bridgehead atoms. The Labute approximate surface area is 221 Å². The minimum atomic E-state index is -1.48. The Balaban J connectivity index is 1.80. The van der Waals surface area contributed by atoms with Crippen molar-refractivity contribution in [2.75, 3.05) is 7.11 Å². The molecular formula is C30H34O8. The van der Waals surface area contributed by atoms with Crippen LogP contribution in [0.25, 0.3) is 5.57 Å². The Morgan fingerprint density at radius 3 is 2.32 bits per heavy atom. The number of Topliss-reactive ketones (excluding diaryl/α,β-unsaturated/α-hetero) is 3. The van der Waals surface area contributed by atoms with Gasteiger partial charge in [-0.2, -0.15) is 0 Å². The van der Waals surface area contributed by atoms with Crippen molar-refractivity contribution in [1.82, 2.24) is 0 Å². The molecule has 0 saturated heterocycles. The zero-order valence-corrected chi connectivity index (χ0v) is 22.5. The van der Waals surface area contributed by atoms with Crippen LogP contribution < -0.4 is 0 Å². The van der Waals surface area contributed by atoms with Crippen molar-refractivity contribution in [2.45, 2.75) is 66.2 Å². The minimum absolute atomic E-state index is 0.0218. The van der Waals surface area contributed by atoms with E-state index < -0.39 is 33.8 Å². The van der Waals surface area contributed by atoms with Gasteiger partial charge in [-0.25, -0.2) is 0 Å². The first-order valence-corrected chi connectivity index (χ1v) is 12.6. The van der Waals surface area contributed by atoms with Gasteiger partial charge in [-0.3, -0.25) is 19.2 Å². The molecule has 38 heavy (non-hydrogen) atoms. The maximum absolute atomic E-state index is 13.7. The molecule has 3 atom stereocenters. The van der Waals surface area contributed by atoms with E-state index in [1.807, 2.05) is 19.9 Å². The lowest BCUT2D eigenvalue weighted by atomic mass is 9.44. The van der Waals surface area contributed by atoms with E-state index in [-0.39, 0.29) is 54.3 Å². The predicted molar refractivity (Wildman–Crippen MR) is 139 cm³/mol. The number of hydrogen-bond donors (Lipinski definition) is 3. The van der Waals surface area contributed by atoms with Crippen LogP contribution in [-0.4, -0.2) is 45.7 Å². The number of ketones is 3. The van der Waals surface area contributed by atoms with Gasteiger partial charge in [0, 0.05) is 41.4 Å². The Morgan fingerprint density at radius 2 is 1.71 bits per heavy atom. The van der Waals surface area contributed by atoms with Gasteiger partial charge in [0.25, 0.3) is 0 Å². The van der Waals surface area contributed by atoms with Gasteiger partial charge < -0.3 is 20.1 Å². The smallest absolute Gasteiger partial charge is 0.305 e. The second kappa shape index (κ2) is 8.96. The highest BCUT2D eigenvalue weighted by atomic mass is 16.5. The third-order valence-corrected chi connectivity index (χ3v) is 8.94. The summed E-state index contributed by atoms with van der Waals surface area (Å²) in [6.45, 7) is 10.8. The van der Waals surface area contributed by atoms with Crippen LogP contribution >= 0.6 is 0 Å². The zero-order chi connectivity index (χ0) is 28.4. The van der Waals surface area contributed by atoms with Crippen LogP contribution in [0.2, 0.25) is 0 Å². The van der Waals surface area contributed by atoms with Gasteiger partial charge in [0.2, 0.25) is 0 Å². The van der Waals surface area contributed by atoms with Crippen LogP contribution in [0.3, 0.4) is 0 Å². The predicted octanol–water partition coefficient (Wildman–Crippen LogP) is 4.63. The Bertz CT molecular complexity index is 1380. The van der Waals surface area contributed by atoms with E-state index in [9.17, 15) is 34.5 Å². The average Bonchev–Trinajstić information content (AvgIpc) is 2.81. The molecule has 202 valence electrons. The quantitative estimate of drug-likeness (QED) is 0.363. The van der Waals surface area contributed by atoms with E-state index in [2.05, 4.69) is 11.3 Å². The van der Waals surface area contributed by atoms with Gasteiger partial charge in [0.15, 0.2) is 11.6 Å². The lowest BCUT2D eigenvalue weighted by Crippen LogP contribution is -2.56. The molecule has 0 radical (unpaired) electrons. The van der Waals surface area contributed by atoms with E-state index in [1.165, 1.54) is 14.0 Å². The largest absolute Gasteiger partial charge is 0.511 e. The number of phenolic OH excluding ortho intramolecular Hbond substituents is 1. The van der Waals surface area contributed by atoms with E-state index in [0.717, 1.165) is 5.56 Å². The first kappa shape index (κ1) is 27.4. The van der Waals surface area contributed by atoms with Crippen LogP contribution in [0.4, 0.5) is 0 Å². The minimum Gasteiger partial charge on any atom is -0.511 e. The molecule has 0 aromatic heterocycles. The molecule has 0 spiro atoms. The second-order valence-electron chi connectivity index (χ2n) is 11.6. The number of hydrogen-bond acceptors (Lipinski definition) is 8. The van der Waals surface area contributed by atoms with Gasteiger partial charge >= 0.3 is 5.97 Å². The average molecular weight is 523 g/mol. The number of ether oxygens (including phenoxy) is 1. The number of carbonyl (C=O) groups excluding carboxylic acids is 4. The molecule has 3 aliphatic carbocycles. The molecule has 1 aromatic carbocycles. The second-order valence-corrected chi connectivity index (χ2v) is 11.6. The fourth-order valence-corrected chi connectivity index (χ4v) is 6.92. The van der Waals surface area contributed by atoms with Crippen LogP contribution in [0, 0.1) is 16.2 Å². The van der Waals surface area contributed by atoms with Gasteiger partial charge in [-0.05, 0) is 43.2 Å². The number of allylic oxidation sites excluding steroid dienone is 5. The molecule has 3 N–H and O–H groups in total. The summed E-state index contributed by atoms with van der Waals surface area (Å²) in [5.41, 5.74) is -0.957. The molecule has 1 aromatic rings. The number of phenols is 1. The fourth-order valence-electron chi connectivity index (χ4n) is 6.92. The van der Waals surface area contributed by atoms with Crippen molar-refractivity contribution >= 4 is 28.9 Å². The van der Waals surface area contributed by atoms with Crippen LogP contribution in [0.15, 0.2) is 41.4 Å². The number of rotatable bonds is 6. The maximum atomic E-state index is 13.7. The highest BCUT2D eigenvalue weighted by Crippen LogP contribution is 2.67. The molecule has 0 aliphatic heterocycles. The van der Waals surface area contributed by atoms with Crippen molar-refractivity contribution in [2.24, 2.45) is 16.2 Å². The van der Waals surface area contributed by atoms with E-state index in [0.29, 0.717) is 35.1 Å². The molecule has 0 heterocycles. The third kappa shape index (κ3) is 3.80. The van der Waals surface area contributed by atoms with Gasteiger partial charge in [0.1, 0.15) is 23.1 Å². The Kier molecular flexibility index (Phi) is 6.45. The van der Waals surface area contributed by atoms with E-state index in [4.69, 9.17) is 0 Å². The summed E-state index contributed by atoms with van der Waals surface area (Å²) in [6.07, 6.45) is 0.746. The standard InChI is InChI=1S/C30H34O8/c1-15-22-18(8-7-17(25(22)35)11-19(32)9-10-21(34)38-6)12-28(3)14-29(4)13-20(33)23(16(2)31)26(36)30(29,5)27(37)24(15)28/h7-8,33,35,37H,1,9-14H2,2-6H3/t28-,29+,30-/m0/s1. The number of aliphatic hydroxyl groups is 2. The molecule has 8 heteroatoms. The van der Waals surface area contributed by atoms with Crippen molar-refractivity contribution in [3.63, 3.8) is 0 Å². The van der Waals surface area contributed by atoms with E-state index in [1.54, 1.807) is 13.0 Å². The van der Waals surface area contributed by atoms with Crippen LogP contribution in [0.1, 0.15) is 70.1 Å². The normalized spacial score (nSPS) is 28.4. The molecule has 0 unspecified atom stereocenters. The molecular weight excluding hydrogens is 488 g/mol. The summed E-state index contributed by atoms with van der Waals surface area (Å²) < 4.78 is 4.58. The van der Waals surface area contributed by atoms with Crippen molar-refractivity contribution in [1.29, 1.82) is 0 Å². The summed E-state index contributed by atoms with van der Waals surface area (Å²) in [4.78, 5) is 49.8. The van der Waals surface area contributed by atoms with Crippen LogP contribution in [-0.2, 0) is 36.8 Å². The topological polar surface area (TPSA) is 138 Å². The number of carbonyl (C=O) groups is 4. The van der Waals surface area contributed by atoms with Crippen LogP contribution in [0.5, 0.6) is 5.75 Å². The first-order chi connectivity index (χ1) is 17.6. The van der Waals surface area contributed by atoms with Gasteiger partial charge in [-0.1, -0.05) is 32.6 Å². The highest BCUT2D eigenvalue weighted by molar-refractivity contribution is 6.23. The monoisotopic (exact) mass is 522 g/mol. The molecule has 4 rings (SSSR count). The number of benzene rings is 1. The molecule has 0 amide bonds. The summed E-state index contributed by atoms with van der Waals surface area (Å²) in [5, 5.41) is 33.7. The highest BCUT2D eigenvalue weighted by Gasteiger charge is 2.65.